The second-order valence-electron chi connectivity index (χ2n) is 6.21. The largest absolute Gasteiger partial charge is 0.481 e. The summed E-state index contributed by atoms with van der Waals surface area (Å²) in [6.07, 6.45) is 1.15. The summed E-state index contributed by atoms with van der Waals surface area (Å²) in [7, 11) is 0. The predicted molar refractivity (Wildman–Crippen MR) is 76.3 cm³/mol. The molecule has 1 amide bonds. The van der Waals surface area contributed by atoms with E-state index in [1.807, 2.05) is 13.8 Å². The Kier molecular flexibility index (Phi) is 4.30. The molecule has 0 bridgehead atoms. The van der Waals surface area contributed by atoms with Crippen molar-refractivity contribution in [3.63, 3.8) is 0 Å². The van der Waals surface area contributed by atoms with Gasteiger partial charge in [-0.05, 0) is 24.5 Å². The lowest BCUT2D eigenvalue weighted by Gasteiger charge is -2.33. The molecule has 1 fully saturated rings. The zero-order valence-corrected chi connectivity index (χ0v) is 12.2. The summed E-state index contributed by atoms with van der Waals surface area (Å²) in [6.45, 7) is 3.97. The quantitative estimate of drug-likeness (QED) is 0.875. The molecule has 0 aromatic heterocycles. The molecule has 1 aromatic rings. The molecule has 1 aliphatic carbocycles. The van der Waals surface area contributed by atoms with Crippen LogP contribution in [-0.4, -0.2) is 23.5 Å². The SMILES string of the molecule is CC(C)(CNC(=O)C1CCC1C(=O)O)c1ccccc1F. The second kappa shape index (κ2) is 5.84. The topological polar surface area (TPSA) is 66.4 Å². The first-order chi connectivity index (χ1) is 9.83. The second-order valence-corrected chi connectivity index (χ2v) is 6.21. The van der Waals surface area contributed by atoms with Gasteiger partial charge in [-0.2, -0.15) is 0 Å². The first-order valence-electron chi connectivity index (χ1n) is 7.08. The van der Waals surface area contributed by atoms with Gasteiger partial charge in [-0.25, -0.2) is 4.39 Å². The van der Waals surface area contributed by atoms with Gasteiger partial charge in [0, 0.05) is 12.0 Å². The first-order valence-corrected chi connectivity index (χ1v) is 7.08. The average molecular weight is 293 g/mol. The third kappa shape index (κ3) is 3.23. The fourth-order valence-corrected chi connectivity index (χ4v) is 2.65. The molecule has 1 aliphatic rings. The maximum absolute atomic E-state index is 13.8. The minimum atomic E-state index is -0.922. The number of benzene rings is 1. The van der Waals surface area contributed by atoms with Gasteiger partial charge >= 0.3 is 5.97 Å². The van der Waals surface area contributed by atoms with Gasteiger partial charge in [-0.15, -0.1) is 0 Å². The summed E-state index contributed by atoms with van der Waals surface area (Å²) in [4.78, 5) is 23.0. The molecular formula is C16H20FNO3. The van der Waals surface area contributed by atoms with Crippen LogP contribution in [0.4, 0.5) is 4.39 Å². The fourth-order valence-electron chi connectivity index (χ4n) is 2.65. The molecule has 0 heterocycles. The van der Waals surface area contributed by atoms with Crippen molar-refractivity contribution in [3.8, 4) is 0 Å². The Morgan fingerprint density at radius 3 is 2.43 bits per heavy atom. The van der Waals surface area contributed by atoms with Crippen LogP contribution in [0.5, 0.6) is 0 Å². The van der Waals surface area contributed by atoms with E-state index in [4.69, 9.17) is 5.11 Å². The Morgan fingerprint density at radius 1 is 1.29 bits per heavy atom. The van der Waals surface area contributed by atoms with Gasteiger partial charge in [-0.3, -0.25) is 9.59 Å². The Bertz CT molecular complexity index is 556. The van der Waals surface area contributed by atoms with Gasteiger partial charge < -0.3 is 10.4 Å². The van der Waals surface area contributed by atoms with E-state index in [1.54, 1.807) is 18.2 Å². The summed E-state index contributed by atoms with van der Waals surface area (Å²) < 4.78 is 13.8. The van der Waals surface area contributed by atoms with E-state index < -0.39 is 23.2 Å². The van der Waals surface area contributed by atoms with Gasteiger partial charge in [0.1, 0.15) is 5.82 Å². The number of rotatable bonds is 5. The summed E-state index contributed by atoms with van der Waals surface area (Å²) >= 11 is 0. The van der Waals surface area contributed by atoms with Crippen LogP contribution in [0.1, 0.15) is 32.3 Å². The summed E-state index contributed by atoms with van der Waals surface area (Å²) in [5.41, 5.74) is -0.0163. The highest BCUT2D eigenvalue weighted by atomic mass is 19.1. The highest BCUT2D eigenvalue weighted by molar-refractivity contribution is 5.86. The van der Waals surface area contributed by atoms with Gasteiger partial charge in [0.25, 0.3) is 0 Å². The molecule has 21 heavy (non-hydrogen) atoms. The van der Waals surface area contributed by atoms with E-state index >= 15 is 0 Å². The number of amides is 1. The lowest BCUT2D eigenvalue weighted by Crippen LogP contribution is -2.47. The normalized spacial score (nSPS) is 21.5. The van der Waals surface area contributed by atoms with Crippen molar-refractivity contribution in [3.05, 3.63) is 35.6 Å². The average Bonchev–Trinajstić information content (AvgIpc) is 2.35. The maximum Gasteiger partial charge on any atom is 0.307 e. The van der Waals surface area contributed by atoms with E-state index in [2.05, 4.69) is 5.32 Å². The van der Waals surface area contributed by atoms with E-state index in [-0.39, 0.29) is 18.3 Å². The smallest absolute Gasteiger partial charge is 0.307 e. The number of carboxylic acid groups (broad SMARTS) is 1. The number of nitrogens with one attached hydrogen (secondary N) is 1. The third-order valence-electron chi connectivity index (χ3n) is 4.24. The zero-order valence-electron chi connectivity index (χ0n) is 12.2. The number of aliphatic carboxylic acids is 1. The van der Waals surface area contributed by atoms with Crippen LogP contribution in [0.3, 0.4) is 0 Å². The fraction of sp³-hybridized carbons (Fsp3) is 0.500. The Balaban J connectivity index is 1.97. The number of hydrogen-bond acceptors (Lipinski definition) is 2. The van der Waals surface area contributed by atoms with E-state index in [0.29, 0.717) is 18.4 Å². The molecule has 0 saturated heterocycles. The molecule has 114 valence electrons. The summed E-state index contributed by atoms with van der Waals surface area (Å²) in [5, 5.41) is 11.7. The van der Waals surface area contributed by atoms with Crippen molar-refractivity contribution in [1.82, 2.24) is 5.32 Å². The van der Waals surface area contributed by atoms with Crippen LogP contribution >= 0.6 is 0 Å². The first kappa shape index (κ1) is 15.5. The van der Waals surface area contributed by atoms with Crippen molar-refractivity contribution in [1.29, 1.82) is 0 Å². The molecule has 1 aromatic carbocycles. The molecule has 4 nitrogen and oxygen atoms in total. The number of carboxylic acids is 1. The molecule has 0 aliphatic heterocycles. The molecule has 0 spiro atoms. The van der Waals surface area contributed by atoms with Crippen LogP contribution in [0.25, 0.3) is 0 Å². The molecular weight excluding hydrogens is 273 g/mol. The number of halogens is 1. The minimum Gasteiger partial charge on any atom is -0.481 e. The maximum atomic E-state index is 13.8. The minimum absolute atomic E-state index is 0.252. The highest BCUT2D eigenvalue weighted by Crippen LogP contribution is 2.34. The van der Waals surface area contributed by atoms with Gasteiger partial charge in [0.2, 0.25) is 5.91 Å². The van der Waals surface area contributed by atoms with E-state index in [9.17, 15) is 14.0 Å². The Morgan fingerprint density at radius 2 is 1.90 bits per heavy atom. The van der Waals surface area contributed by atoms with Crippen molar-refractivity contribution in [2.45, 2.75) is 32.1 Å². The van der Waals surface area contributed by atoms with Crippen LogP contribution in [-0.2, 0) is 15.0 Å². The molecule has 2 rings (SSSR count). The number of carbonyl (C=O) groups is 2. The van der Waals surface area contributed by atoms with E-state index in [1.165, 1.54) is 6.07 Å². The molecule has 5 heteroatoms. The Labute approximate surface area is 123 Å². The van der Waals surface area contributed by atoms with Gasteiger partial charge in [-0.1, -0.05) is 32.0 Å². The van der Waals surface area contributed by atoms with Crippen LogP contribution in [0, 0.1) is 17.7 Å². The summed E-state index contributed by atoms with van der Waals surface area (Å²) in [6, 6.07) is 6.48. The standard InChI is InChI=1S/C16H20FNO3/c1-16(2,12-5-3-4-6-13(12)17)9-18-14(19)10-7-8-11(10)15(20)21/h3-6,10-11H,7-9H2,1-2H3,(H,18,19)(H,20,21). The van der Waals surface area contributed by atoms with Crippen molar-refractivity contribution in [2.75, 3.05) is 6.54 Å². The van der Waals surface area contributed by atoms with Crippen molar-refractivity contribution < 1.29 is 19.1 Å². The third-order valence-corrected chi connectivity index (χ3v) is 4.24. The Hall–Kier alpha value is -1.91. The molecule has 2 N–H and O–H groups in total. The van der Waals surface area contributed by atoms with Crippen LogP contribution in [0.15, 0.2) is 24.3 Å². The summed E-state index contributed by atoms with van der Waals surface area (Å²) in [5.74, 6) is -2.52. The predicted octanol–water partition coefficient (Wildman–Crippen LogP) is 2.33. The van der Waals surface area contributed by atoms with Crippen LogP contribution in [0.2, 0.25) is 0 Å². The van der Waals surface area contributed by atoms with E-state index in [0.717, 1.165) is 0 Å². The van der Waals surface area contributed by atoms with Crippen LogP contribution < -0.4 is 5.32 Å². The van der Waals surface area contributed by atoms with Crippen molar-refractivity contribution >= 4 is 11.9 Å². The van der Waals surface area contributed by atoms with Gasteiger partial charge in [0.15, 0.2) is 0 Å². The number of carbonyl (C=O) groups excluding carboxylic acids is 1. The molecule has 0 radical (unpaired) electrons. The monoisotopic (exact) mass is 293 g/mol. The highest BCUT2D eigenvalue weighted by Gasteiger charge is 2.41. The van der Waals surface area contributed by atoms with Gasteiger partial charge in [0.05, 0.1) is 11.8 Å². The lowest BCUT2D eigenvalue weighted by molar-refractivity contribution is -0.152. The number of hydrogen-bond donors (Lipinski definition) is 2. The zero-order chi connectivity index (χ0) is 15.6. The molecule has 1 saturated carbocycles. The lowest BCUT2D eigenvalue weighted by atomic mass is 9.73. The van der Waals surface area contributed by atoms with Crippen molar-refractivity contribution in [2.24, 2.45) is 11.8 Å². The molecule has 2 unspecified atom stereocenters. The molecule has 2 atom stereocenters.